The normalized spacial score (nSPS) is 10.6. The number of aryl methyl sites for hydroxylation is 2. The van der Waals surface area contributed by atoms with Gasteiger partial charge in [0.25, 0.3) is 5.91 Å². The van der Waals surface area contributed by atoms with Gasteiger partial charge >= 0.3 is 0 Å². The highest BCUT2D eigenvalue weighted by Gasteiger charge is 2.16. The average molecular weight is 397 g/mol. The van der Waals surface area contributed by atoms with Crippen molar-refractivity contribution < 1.29 is 4.79 Å². The van der Waals surface area contributed by atoms with Gasteiger partial charge in [-0.25, -0.2) is 0 Å². The van der Waals surface area contributed by atoms with Crippen molar-refractivity contribution >= 4 is 17.8 Å². The first-order valence-electron chi connectivity index (χ1n) is 9.79. The van der Waals surface area contributed by atoms with E-state index in [2.05, 4.69) is 20.7 Å². The summed E-state index contributed by atoms with van der Waals surface area (Å²) in [5, 5.41) is 10.7. The van der Waals surface area contributed by atoms with Gasteiger partial charge in [0.2, 0.25) is 11.9 Å². The van der Waals surface area contributed by atoms with E-state index in [1.807, 2.05) is 86.6 Å². The highest BCUT2D eigenvalue weighted by atomic mass is 16.1. The van der Waals surface area contributed by atoms with Crippen molar-refractivity contribution in [3.8, 4) is 5.69 Å². The summed E-state index contributed by atoms with van der Waals surface area (Å²) in [5.74, 6) is 0.589. The number of hydrogen-bond donors (Lipinski definition) is 2. The third-order valence-corrected chi connectivity index (χ3v) is 4.79. The van der Waals surface area contributed by atoms with E-state index in [0.29, 0.717) is 24.0 Å². The molecule has 0 fully saturated rings. The number of nitrogens with one attached hydrogen (secondary N) is 2. The number of hydrogen-bond acceptors (Lipinski definition) is 4. The quantitative estimate of drug-likeness (QED) is 0.493. The lowest BCUT2D eigenvalue weighted by molar-refractivity contribution is 0.102. The molecule has 2 N–H and O–H groups in total. The van der Waals surface area contributed by atoms with Crippen LogP contribution in [0, 0.1) is 13.8 Å². The third kappa shape index (κ3) is 4.38. The molecule has 0 saturated carbocycles. The van der Waals surface area contributed by atoms with E-state index in [4.69, 9.17) is 0 Å². The first-order chi connectivity index (χ1) is 14.6. The summed E-state index contributed by atoms with van der Waals surface area (Å²) in [6, 6.07) is 25.4. The van der Waals surface area contributed by atoms with Crippen molar-refractivity contribution in [1.29, 1.82) is 0 Å². The fourth-order valence-corrected chi connectivity index (χ4v) is 3.11. The van der Waals surface area contributed by atoms with E-state index >= 15 is 0 Å². The maximum Gasteiger partial charge on any atom is 0.258 e. The smallest absolute Gasteiger partial charge is 0.258 e. The Kier molecular flexibility index (Phi) is 5.57. The van der Waals surface area contributed by atoms with Gasteiger partial charge in [-0.15, -0.1) is 5.10 Å². The molecule has 0 spiro atoms. The Morgan fingerprint density at radius 1 is 0.900 bits per heavy atom. The minimum atomic E-state index is -0.219. The van der Waals surface area contributed by atoms with Crippen LogP contribution in [0.4, 0.5) is 11.9 Å². The minimum Gasteiger partial charge on any atom is -0.349 e. The fourth-order valence-electron chi connectivity index (χ4n) is 3.11. The van der Waals surface area contributed by atoms with Crippen LogP contribution in [-0.2, 0) is 6.54 Å². The standard InChI is InChI=1S/C24H23N5O/c1-17-12-14-20(15-13-17)29-24(26-22(30)21-11-7-6-8-18(21)2)27-23(28-29)25-16-19-9-4-3-5-10-19/h3-15H,16H2,1-2H3,(H2,25,26,27,28,30). The Labute approximate surface area is 175 Å². The van der Waals surface area contributed by atoms with Gasteiger partial charge in [-0.3, -0.25) is 10.1 Å². The molecule has 1 amide bonds. The zero-order valence-corrected chi connectivity index (χ0v) is 17.0. The lowest BCUT2D eigenvalue weighted by Gasteiger charge is -2.09. The predicted molar refractivity (Wildman–Crippen MR) is 119 cm³/mol. The van der Waals surface area contributed by atoms with Crippen molar-refractivity contribution in [3.05, 3.63) is 101 Å². The van der Waals surface area contributed by atoms with Gasteiger partial charge in [-0.2, -0.15) is 9.67 Å². The summed E-state index contributed by atoms with van der Waals surface area (Å²) >= 11 is 0. The summed E-state index contributed by atoms with van der Waals surface area (Å²) < 4.78 is 1.64. The molecule has 0 radical (unpaired) electrons. The Balaban J connectivity index is 1.63. The van der Waals surface area contributed by atoms with E-state index in [1.54, 1.807) is 10.7 Å². The van der Waals surface area contributed by atoms with Gasteiger partial charge in [-0.1, -0.05) is 66.2 Å². The van der Waals surface area contributed by atoms with Crippen LogP contribution in [0.5, 0.6) is 0 Å². The lowest BCUT2D eigenvalue weighted by atomic mass is 10.1. The molecular formula is C24H23N5O. The number of anilines is 2. The maximum atomic E-state index is 12.8. The zero-order valence-electron chi connectivity index (χ0n) is 17.0. The molecule has 1 heterocycles. The molecule has 0 saturated heterocycles. The van der Waals surface area contributed by atoms with Crippen LogP contribution in [0.2, 0.25) is 0 Å². The molecular weight excluding hydrogens is 374 g/mol. The molecule has 0 unspecified atom stereocenters. The molecule has 0 aliphatic rings. The number of benzene rings is 3. The molecule has 150 valence electrons. The van der Waals surface area contributed by atoms with Crippen LogP contribution in [0.15, 0.2) is 78.9 Å². The van der Waals surface area contributed by atoms with E-state index < -0.39 is 0 Å². The first-order valence-corrected chi connectivity index (χ1v) is 9.79. The largest absolute Gasteiger partial charge is 0.349 e. The van der Waals surface area contributed by atoms with Crippen LogP contribution in [-0.4, -0.2) is 20.7 Å². The van der Waals surface area contributed by atoms with Crippen molar-refractivity contribution in [2.45, 2.75) is 20.4 Å². The number of carbonyl (C=O) groups excluding carboxylic acids is 1. The number of carbonyl (C=O) groups is 1. The van der Waals surface area contributed by atoms with Gasteiger partial charge in [0.05, 0.1) is 5.69 Å². The molecule has 4 rings (SSSR count). The molecule has 4 aromatic rings. The monoisotopic (exact) mass is 397 g/mol. The molecule has 0 atom stereocenters. The van der Waals surface area contributed by atoms with Crippen molar-refractivity contribution in [1.82, 2.24) is 14.8 Å². The van der Waals surface area contributed by atoms with Crippen LogP contribution >= 0.6 is 0 Å². The SMILES string of the molecule is Cc1ccc(-n2nc(NCc3ccccc3)nc2NC(=O)c2ccccc2C)cc1. The Hall–Kier alpha value is -3.93. The molecule has 30 heavy (non-hydrogen) atoms. The number of rotatable bonds is 6. The van der Waals surface area contributed by atoms with E-state index in [9.17, 15) is 4.79 Å². The van der Waals surface area contributed by atoms with E-state index in [-0.39, 0.29) is 5.91 Å². The topological polar surface area (TPSA) is 71.8 Å². The minimum absolute atomic E-state index is 0.219. The second-order valence-corrected chi connectivity index (χ2v) is 7.11. The van der Waals surface area contributed by atoms with Crippen LogP contribution in [0.25, 0.3) is 5.69 Å². The van der Waals surface area contributed by atoms with Gasteiger partial charge in [0.1, 0.15) is 0 Å². The average Bonchev–Trinajstić information content (AvgIpc) is 3.16. The Morgan fingerprint density at radius 2 is 1.60 bits per heavy atom. The van der Waals surface area contributed by atoms with Crippen LogP contribution < -0.4 is 10.6 Å². The zero-order chi connectivity index (χ0) is 20.9. The second kappa shape index (κ2) is 8.61. The molecule has 1 aromatic heterocycles. The van der Waals surface area contributed by atoms with Crippen molar-refractivity contribution in [2.75, 3.05) is 10.6 Å². The summed E-state index contributed by atoms with van der Waals surface area (Å²) in [6.07, 6.45) is 0. The Bertz CT molecular complexity index is 1150. The highest BCUT2D eigenvalue weighted by molar-refractivity contribution is 6.04. The Morgan fingerprint density at radius 3 is 2.33 bits per heavy atom. The van der Waals surface area contributed by atoms with Gasteiger partial charge in [0.15, 0.2) is 0 Å². The number of aromatic nitrogens is 3. The molecule has 3 aromatic carbocycles. The van der Waals surface area contributed by atoms with Gasteiger partial charge in [-0.05, 0) is 43.2 Å². The fraction of sp³-hybridized carbons (Fsp3) is 0.125. The lowest BCUT2D eigenvalue weighted by Crippen LogP contribution is -2.17. The van der Waals surface area contributed by atoms with E-state index in [1.165, 1.54) is 0 Å². The van der Waals surface area contributed by atoms with Gasteiger partial charge in [0, 0.05) is 12.1 Å². The molecule has 0 aliphatic carbocycles. The summed E-state index contributed by atoms with van der Waals surface area (Å²) in [7, 11) is 0. The van der Waals surface area contributed by atoms with Crippen LogP contribution in [0.1, 0.15) is 27.0 Å². The number of nitrogens with zero attached hydrogens (tertiary/aromatic N) is 3. The summed E-state index contributed by atoms with van der Waals surface area (Å²) in [4.78, 5) is 17.4. The predicted octanol–water partition coefficient (Wildman–Crippen LogP) is 4.75. The molecule has 6 nitrogen and oxygen atoms in total. The maximum absolute atomic E-state index is 12.8. The highest BCUT2D eigenvalue weighted by Crippen LogP contribution is 2.19. The third-order valence-electron chi connectivity index (χ3n) is 4.79. The molecule has 0 aliphatic heterocycles. The van der Waals surface area contributed by atoms with E-state index in [0.717, 1.165) is 22.4 Å². The first kappa shape index (κ1) is 19.4. The van der Waals surface area contributed by atoms with Gasteiger partial charge < -0.3 is 5.32 Å². The second-order valence-electron chi connectivity index (χ2n) is 7.11. The molecule has 6 heteroatoms. The van der Waals surface area contributed by atoms with Crippen LogP contribution in [0.3, 0.4) is 0 Å². The van der Waals surface area contributed by atoms with Crippen molar-refractivity contribution in [2.24, 2.45) is 0 Å². The summed E-state index contributed by atoms with van der Waals surface area (Å²) in [6.45, 7) is 4.52. The van der Waals surface area contributed by atoms with Crippen molar-refractivity contribution in [3.63, 3.8) is 0 Å². The number of amides is 1. The molecule has 0 bridgehead atoms. The summed E-state index contributed by atoms with van der Waals surface area (Å²) in [5.41, 5.74) is 4.59.